The molecule has 0 saturated heterocycles. The third-order valence-electron chi connectivity index (χ3n) is 3.71. The molecule has 0 fully saturated rings. The van der Waals surface area contributed by atoms with Crippen LogP contribution in [-0.2, 0) is 13.5 Å². The zero-order chi connectivity index (χ0) is 12.2. The third kappa shape index (κ3) is 2.85. The molecule has 0 radical (unpaired) electrons. The van der Waals surface area contributed by atoms with Crippen molar-refractivity contribution in [2.75, 3.05) is 13.6 Å². The lowest BCUT2D eigenvalue weighted by molar-refractivity contribution is 0.247. The van der Waals surface area contributed by atoms with E-state index in [9.17, 15) is 0 Å². The lowest BCUT2D eigenvalue weighted by Gasteiger charge is -2.31. The number of aromatic nitrogens is 2. The molecule has 0 saturated carbocycles. The molecular weight excluding hydrogens is 198 g/mol. The van der Waals surface area contributed by atoms with Crippen molar-refractivity contribution in [1.29, 1.82) is 0 Å². The van der Waals surface area contributed by atoms with E-state index in [1.165, 1.54) is 18.5 Å². The van der Waals surface area contributed by atoms with E-state index in [0.717, 1.165) is 18.7 Å². The van der Waals surface area contributed by atoms with Crippen molar-refractivity contribution < 1.29 is 0 Å². The van der Waals surface area contributed by atoms with E-state index in [0.29, 0.717) is 5.41 Å². The predicted octanol–water partition coefficient (Wildman–Crippen LogP) is 2.30. The molecule has 0 bridgehead atoms. The van der Waals surface area contributed by atoms with E-state index in [2.05, 4.69) is 37.3 Å². The molecule has 0 aliphatic heterocycles. The van der Waals surface area contributed by atoms with Gasteiger partial charge in [0.2, 0.25) is 0 Å². The van der Waals surface area contributed by atoms with Crippen molar-refractivity contribution in [3.63, 3.8) is 0 Å². The van der Waals surface area contributed by atoms with Gasteiger partial charge in [-0.1, -0.05) is 13.8 Å². The van der Waals surface area contributed by atoms with Crippen LogP contribution in [0.4, 0.5) is 0 Å². The van der Waals surface area contributed by atoms with Crippen molar-refractivity contribution in [2.45, 2.75) is 40.0 Å². The molecule has 1 aromatic heterocycles. The Labute approximate surface area is 99.2 Å². The molecule has 1 rings (SSSR count). The molecule has 0 atom stereocenters. The van der Waals surface area contributed by atoms with Crippen molar-refractivity contribution in [2.24, 2.45) is 12.5 Å². The van der Waals surface area contributed by atoms with Gasteiger partial charge in [0.15, 0.2) is 0 Å². The first-order valence-electron chi connectivity index (χ1n) is 6.21. The lowest BCUT2D eigenvalue weighted by atomic mass is 9.78. The number of aryl methyl sites for hydroxylation is 2. The number of hydrogen-bond acceptors (Lipinski definition) is 2. The second kappa shape index (κ2) is 5.48. The minimum Gasteiger partial charge on any atom is -0.319 e. The molecule has 1 aromatic rings. The highest BCUT2D eigenvalue weighted by Crippen LogP contribution is 2.30. The van der Waals surface area contributed by atoms with Crippen LogP contribution in [0.1, 0.15) is 38.1 Å². The Morgan fingerprint density at radius 3 is 2.38 bits per heavy atom. The second-order valence-corrected chi connectivity index (χ2v) is 4.81. The topological polar surface area (TPSA) is 29.9 Å². The Morgan fingerprint density at radius 1 is 1.38 bits per heavy atom. The highest BCUT2D eigenvalue weighted by atomic mass is 15.3. The molecule has 0 amide bonds. The molecule has 3 heteroatoms. The first-order valence-corrected chi connectivity index (χ1v) is 6.21. The third-order valence-corrected chi connectivity index (χ3v) is 3.71. The summed E-state index contributed by atoms with van der Waals surface area (Å²) in [6.45, 7) is 7.69. The summed E-state index contributed by atoms with van der Waals surface area (Å²) in [4.78, 5) is 0. The van der Waals surface area contributed by atoms with Gasteiger partial charge in [-0.25, -0.2) is 0 Å². The van der Waals surface area contributed by atoms with Crippen LogP contribution in [0.2, 0.25) is 0 Å². The predicted molar refractivity (Wildman–Crippen MR) is 68.6 cm³/mol. The van der Waals surface area contributed by atoms with Gasteiger partial charge in [-0.2, -0.15) is 5.10 Å². The van der Waals surface area contributed by atoms with E-state index in [-0.39, 0.29) is 0 Å². The molecular formula is C13H25N3. The number of nitrogens with one attached hydrogen (secondary N) is 1. The molecule has 1 heterocycles. The van der Waals surface area contributed by atoms with Gasteiger partial charge in [-0.3, -0.25) is 4.68 Å². The molecule has 0 aromatic carbocycles. The van der Waals surface area contributed by atoms with Gasteiger partial charge in [0.1, 0.15) is 0 Å². The fraction of sp³-hybridized carbons (Fsp3) is 0.769. The van der Waals surface area contributed by atoms with Crippen LogP contribution in [-0.4, -0.2) is 23.4 Å². The van der Waals surface area contributed by atoms with Crippen LogP contribution in [0.5, 0.6) is 0 Å². The Hall–Kier alpha value is -0.830. The smallest absolute Gasteiger partial charge is 0.0596 e. The summed E-state index contributed by atoms with van der Waals surface area (Å²) >= 11 is 0. The van der Waals surface area contributed by atoms with Gasteiger partial charge in [0.25, 0.3) is 0 Å². The van der Waals surface area contributed by atoms with E-state index >= 15 is 0 Å². The summed E-state index contributed by atoms with van der Waals surface area (Å²) in [6, 6.07) is 2.20. The molecule has 92 valence electrons. The average Bonchev–Trinajstić information content (AvgIpc) is 2.56. The van der Waals surface area contributed by atoms with Crippen LogP contribution in [0.25, 0.3) is 0 Å². The van der Waals surface area contributed by atoms with E-state index in [1.807, 2.05) is 18.8 Å². The second-order valence-electron chi connectivity index (χ2n) is 4.81. The zero-order valence-corrected chi connectivity index (χ0v) is 11.3. The fourth-order valence-corrected chi connectivity index (χ4v) is 2.40. The molecule has 0 unspecified atom stereocenters. The zero-order valence-electron chi connectivity index (χ0n) is 11.3. The minimum atomic E-state index is 0.370. The number of nitrogens with zero attached hydrogens (tertiary/aromatic N) is 2. The summed E-state index contributed by atoms with van der Waals surface area (Å²) in [5.41, 5.74) is 2.83. The highest BCUT2D eigenvalue weighted by Gasteiger charge is 2.27. The first kappa shape index (κ1) is 13.2. The monoisotopic (exact) mass is 223 g/mol. The van der Waals surface area contributed by atoms with E-state index < -0.39 is 0 Å². The van der Waals surface area contributed by atoms with Crippen LogP contribution in [0.15, 0.2) is 6.07 Å². The van der Waals surface area contributed by atoms with Crippen LogP contribution < -0.4 is 5.32 Å². The normalized spacial score (nSPS) is 12.1. The highest BCUT2D eigenvalue weighted by molar-refractivity contribution is 5.11. The van der Waals surface area contributed by atoms with E-state index in [4.69, 9.17) is 0 Å². The SMILES string of the molecule is CCC(CC)(CNC)Cc1cc(C)nn1C. The minimum absolute atomic E-state index is 0.370. The van der Waals surface area contributed by atoms with Crippen LogP contribution >= 0.6 is 0 Å². The Morgan fingerprint density at radius 2 is 2.00 bits per heavy atom. The maximum atomic E-state index is 4.42. The first-order chi connectivity index (χ1) is 7.56. The molecule has 3 nitrogen and oxygen atoms in total. The Bertz CT molecular complexity index is 324. The lowest BCUT2D eigenvalue weighted by Crippen LogP contribution is -2.34. The van der Waals surface area contributed by atoms with Gasteiger partial charge in [-0.05, 0) is 44.7 Å². The summed E-state index contributed by atoms with van der Waals surface area (Å²) in [7, 11) is 4.08. The maximum absolute atomic E-state index is 4.42. The van der Waals surface area contributed by atoms with Crippen LogP contribution in [0.3, 0.4) is 0 Å². The Balaban J connectivity index is 2.86. The molecule has 0 aliphatic carbocycles. The number of hydrogen-bond donors (Lipinski definition) is 1. The largest absolute Gasteiger partial charge is 0.319 e. The van der Waals surface area contributed by atoms with Crippen LogP contribution in [0, 0.1) is 12.3 Å². The maximum Gasteiger partial charge on any atom is 0.0596 e. The number of rotatable bonds is 6. The standard InChI is InChI=1S/C13H25N3/c1-6-13(7-2,10-14-4)9-12-8-11(3)15-16(12)5/h8,14H,6-7,9-10H2,1-5H3. The summed E-state index contributed by atoms with van der Waals surface area (Å²) < 4.78 is 2.02. The molecule has 0 spiro atoms. The van der Waals surface area contributed by atoms with Crippen molar-refractivity contribution in [1.82, 2.24) is 15.1 Å². The van der Waals surface area contributed by atoms with Gasteiger partial charge < -0.3 is 5.32 Å². The van der Waals surface area contributed by atoms with Crippen molar-refractivity contribution >= 4 is 0 Å². The van der Waals surface area contributed by atoms with Crippen molar-refractivity contribution in [3.8, 4) is 0 Å². The Kier molecular flexibility index (Phi) is 4.54. The summed E-state index contributed by atoms with van der Waals surface area (Å²) in [5, 5.41) is 7.75. The summed E-state index contributed by atoms with van der Waals surface area (Å²) in [6.07, 6.45) is 3.52. The van der Waals surface area contributed by atoms with Gasteiger partial charge in [0.05, 0.1) is 5.69 Å². The van der Waals surface area contributed by atoms with Crippen molar-refractivity contribution in [3.05, 3.63) is 17.5 Å². The fourth-order valence-electron chi connectivity index (χ4n) is 2.40. The summed E-state index contributed by atoms with van der Waals surface area (Å²) in [5.74, 6) is 0. The van der Waals surface area contributed by atoms with Gasteiger partial charge >= 0.3 is 0 Å². The molecule has 0 aliphatic rings. The van der Waals surface area contributed by atoms with E-state index in [1.54, 1.807) is 0 Å². The quantitative estimate of drug-likeness (QED) is 0.802. The van der Waals surface area contributed by atoms with Gasteiger partial charge in [0, 0.05) is 19.3 Å². The van der Waals surface area contributed by atoms with Gasteiger partial charge in [-0.15, -0.1) is 0 Å². The average molecular weight is 223 g/mol. The molecule has 16 heavy (non-hydrogen) atoms. The molecule has 1 N–H and O–H groups in total.